The number of ketones is 1. The van der Waals surface area contributed by atoms with Crippen molar-refractivity contribution >= 4 is 11.8 Å². The Labute approximate surface area is 88.0 Å². The van der Waals surface area contributed by atoms with Crippen LogP contribution < -0.4 is 0 Å². The van der Waals surface area contributed by atoms with Gasteiger partial charge in [0, 0.05) is 12.0 Å². The van der Waals surface area contributed by atoms with Gasteiger partial charge >= 0.3 is 5.97 Å². The summed E-state index contributed by atoms with van der Waals surface area (Å²) in [6.45, 7) is 3.48. The molecule has 0 heterocycles. The highest BCUT2D eigenvalue weighted by Crippen LogP contribution is 2.07. The molecule has 3 nitrogen and oxygen atoms in total. The SMILES string of the molecule is C=CCC(=O)c1ccc(CC(=O)O)cc1. The van der Waals surface area contributed by atoms with E-state index in [-0.39, 0.29) is 12.2 Å². The van der Waals surface area contributed by atoms with Gasteiger partial charge in [0.2, 0.25) is 0 Å². The molecule has 3 heteroatoms. The van der Waals surface area contributed by atoms with Crippen molar-refractivity contribution in [2.24, 2.45) is 0 Å². The minimum absolute atomic E-state index is 0.00752. The molecular weight excluding hydrogens is 192 g/mol. The Bertz CT molecular complexity index is 376. The Hall–Kier alpha value is -1.90. The third-order valence-corrected chi connectivity index (χ3v) is 1.96. The predicted octanol–water partition coefficient (Wildman–Crippen LogP) is 2.07. The Morgan fingerprint density at radius 2 is 1.87 bits per heavy atom. The van der Waals surface area contributed by atoms with Gasteiger partial charge in [0.1, 0.15) is 0 Å². The van der Waals surface area contributed by atoms with Crippen molar-refractivity contribution < 1.29 is 14.7 Å². The zero-order chi connectivity index (χ0) is 11.3. The Morgan fingerprint density at radius 1 is 1.27 bits per heavy atom. The van der Waals surface area contributed by atoms with Crippen molar-refractivity contribution in [1.82, 2.24) is 0 Å². The minimum Gasteiger partial charge on any atom is -0.481 e. The second-order valence-electron chi connectivity index (χ2n) is 3.18. The summed E-state index contributed by atoms with van der Waals surface area (Å²) in [6.07, 6.45) is 1.84. The monoisotopic (exact) mass is 204 g/mol. The topological polar surface area (TPSA) is 54.4 Å². The first-order valence-electron chi connectivity index (χ1n) is 4.58. The van der Waals surface area contributed by atoms with E-state index in [9.17, 15) is 9.59 Å². The standard InChI is InChI=1S/C12H12O3/c1-2-3-11(13)10-6-4-9(5-7-10)8-12(14)15/h2,4-7H,1,3,8H2,(H,14,15). The van der Waals surface area contributed by atoms with E-state index in [1.807, 2.05) is 0 Å². The van der Waals surface area contributed by atoms with Crippen molar-refractivity contribution in [3.63, 3.8) is 0 Å². The summed E-state index contributed by atoms with van der Waals surface area (Å²) < 4.78 is 0. The summed E-state index contributed by atoms with van der Waals surface area (Å²) in [6, 6.07) is 6.60. The van der Waals surface area contributed by atoms with Gasteiger partial charge in [0.15, 0.2) is 5.78 Å². The van der Waals surface area contributed by atoms with Crippen molar-refractivity contribution in [3.05, 3.63) is 48.0 Å². The van der Waals surface area contributed by atoms with Crippen LogP contribution in [0.15, 0.2) is 36.9 Å². The molecule has 0 aliphatic rings. The number of benzene rings is 1. The molecule has 15 heavy (non-hydrogen) atoms. The second kappa shape index (κ2) is 5.10. The molecule has 0 aromatic heterocycles. The fourth-order valence-corrected chi connectivity index (χ4v) is 1.23. The van der Waals surface area contributed by atoms with E-state index >= 15 is 0 Å². The van der Waals surface area contributed by atoms with Gasteiger partial charge in [-0.05, 0) is 5.56 Å². The Balaban J connectivity index is 2.75. The molecule has 1 aromatic rings. The van der Waals surface area contributed by atoms with Gasteiger partial charge in [0.05, 0.1) is 6.42 Å². The largest absolute Gasteiger partial charge is 0.481 e. The van der Waals surface area contributed by atoms with E-state index in [0.717, 1.165) is 0 Å². The zero-order valence-corrected chi connectivity index (χ0v) is 8.27. The molecule has 78 valence electrons. The molecule has 1 rings (SSSR count). The third-order valence-electron chi connectivity index (χ3n) is 1.96. The number of allylic oxidation sites excluding steroid dienone is 1. The van der Waals surface area contributed by atoms with Crippen LogP contribution in [0.4, 0.5) is 0 Å². The number of aliphatic carboxylic acids is 1. The van der Waals surface area contributed by atoms with E-state index in [0.29, 0.717) is 17.5 Å². The van der Waals surface area contributed by atoms with Gasteiger partial charge in [-0.1, -0.05) is 30.3 Å². The molecular formula is C12H12O3. The summed E-state index contributed by atoms with van der Waals surface area (Å²) in [4.78, 5) is 21.8. The molecule has 0 unspecified atom stereocenters. The molecule has 0 aliphatic carbocycles. The molecule has 0 atom stereocenters. The van der Waals surface area contributed by atoms with Crippen molar-refractivity contribution in [1.29, 1.82) is 0 Å². The molecule has 0 aliphatic heterocycles. The van der Waals surface area contributed by atoms with Gasteiger partial charge < -0.3 is 5.11 Å². The highest BCUT2D eigenvalue weighted by molar-refractivity contribution is 5.97. The summed E-state index contributed by atoms with van der Waals surface area (Å²) in [5.41, 5.74) is 1.28. The highest BCUT2D eigenvalue weighted by Gasteiger charge is 2.04. The number of carbonyl (C=O) groups is 2. The predicted molar refractivity (Wildman–Crippen MR) is 56.9 cm³/mol. The molecule has 0 spiro atoms. The van der Waals surface area contributed by atoms with Crippen LogP contribution in [-0.4, -0.2) is 16.9 Å². The van der Waals surface area contributed by atoms with Crippen LogP contribution in [0.1, 0.15) is 22.3 Å². The average molecular weight is 204 g/mol. The molecule has 0 radical (unpaired) electrons. The van der Waals surface area contributed by atoms with Crippen molar-refractivity contribution in [2.75, 3.05) is 0 Å². The zero-order valence-electron chi connectivity index (χ0n) is 8.27. The number of rotatable bonds is 5. The summed E-state index contributed by atoms with van der Waals surface area (Å²) in [7, 11) is 0. The summed E-state index contributed by atoms with van der Waals surface area (Å²) in [5.74, 6) is -0.882. The summed E-state index contributed by atoms with van der Waals surface area (Å²) in [5, 5.41) is 8.55. The maximum atomic E-state index is 11.4. The summed E-state index contributed by atoms with van der Waals surface area (Å²) >= 11 is 0. The maximum absolute atomic E-state index is 11.4. The molecule has 0 saturated heterocycles. The van der Waals surface area contributed by atoms with E-state index in [1.54, 1.807) is 30.3 Å². The van der Waals surface area contributed by atoms with Crippen LogP contribution in [0.5, 0.6) is 0 Å². The first-order chi connectivity index (χ1) is 7.13. The lowest BCUT2D eigenvalue weighted by molar-refractivity contribution is -0.136. The molecule has 0 saturated carbocycles. The number of hydrogen-bond acceptors (Lipinski definition) is 2. The van der Waals surface area contributed by atoms with Crippen LogP contribution in [0, 0.1) is 0 Å². The number of Topliss-reactive ketones (excluding diaryl/α,β-unsaturated/α-hetero) is 1. The fourth-order valence-electron chi connectivity index (χ4n) is 1.23. The van der Waals surface area contributed by atoms with Crippen molar-refractivity contribution in [3.8, 4) is 0 Å². The van der Waals surface area contributed by atoms with Crippen LogP contribution in [-0.2, 0) is 11.2 Å². The second-order valence-corrected chi connectivity index (χ2v) is 3.18. The van der Waals surface area contributed by atoms with Gasteiger partial charge in [-0.3, -0.25) is 9.59 Å². The lowest BCUT2D eigenvalue weighted by Crippen LogP contribution is -2.01. The van der Waals surface area contributed by atoms with E-state index in [1.165, 1.54) is 0 Å². The fraction of sp³-hybridized carbons (Fsp3) is 0.167. The normalized spacial score (nSPS) is 9.60. The Morgan fingerprint density at radius 3 is 2.33 bits per heavy atom. The minimum atomic E-state index is -0.875. The Kier molecular flexibility index (Phi) is 3.80. The van der Waals surface area contributed by atoms with Crippen molar-refractivity contribution in [2.45, 2.75) is 12.8 Å². The lowest BCUT2D eigenvalue weighted by atomic mass is 10.0. The highest BCUT2D eigenvalue weighted by atomic mass is 16.4. The quantitative estimate of drug-likeness (QED) is 0.590. The third kappa shape index (κ3) is 3.38. The van der Waals surface area contributed by atoms with Crippen LogP contribution in [0.2, 0.25) is 0 Å². The number of carboxylic acid groups (broad SMARTS) is 1. The van der Waals surface area contributed by atoms with E-state index in [2.05, 4.69) is 6.58 Å². The molecule has 1 aromatic carbocycles. The molecule has 0 fully saturated rings. The smallest absolute Gasteiger partial charge is 0.307 e. The molecule has 1 N–H and O–H groups in total. The van der Waals surface area contributed by atoms with Gasteiger partial charge in [-0.25, -0.2) is 0 Å². The first kappa shape index (κ1) is 11.2. The van der Waals surface area contributed by atoms with Crippen LogP contribution >= 0.6 is 0 Å². The van der Waals surface area contributed by atoms with E-state index < -0.39 is 5.97 Å². The number of hydrogen-bond donors (Lipinski definition) is 1. The average Bonchev–Trinajstić information content (AvgIpc) is 2.18. The van der Waals surface area contributed by atoms with Crippen LogP contribution in [0.3, 0.4) is 0 Å². The van der Waals surface area contributed by atoms with E-state index in [4.69, 9.17) is 5.11 Å². The molecule has 0 amide bonds. The van der Waals surface area contributed by atoms with Crippen LogP contribution in [0.25, 0.3) is 0 Å². The number of carboxylic acids is 1. The van der Waals surface area contributed by atoms with Gasteiger partial charge in [-0.15, -0.1) is 6.58 Å². The van der Waals surface area contributed by atoms with Gasteiger partial charge in [-0.2, -0.15) is 0 Å². The first-order valence-corrected chi connectivity index (χ1v) is 4.58. The van der Waals surface area contributed by atoms with Gasteiger partial charge in [0.25, 0.3) is 0 Å². The number of carbonyl (C=O) groups excluding carboxylic acids is 1. The molecule has 0 bridgehead atoms. The lowest BCUT2D eigenvalue weighted by Gasteiger charge is -2.00. The maximum Gasteiger partial charge on any atom is 0.307 e.